The van der Waals surface area contributed by atoms with Crippen molar-refractivity contribution >= 4 is 11.8 Å². The van der Waals surface area contributed by atoms with Gasteiger partial charge in [0.05, 0.1) is 0 Å². The van der Waals surface area contributed by atoms with E-state index >= 15 is 0 Å². The Hall–Kier alpha value is -2.82. The first-order chi connectivity index (χ1) is 14.5. The zero-order chi connectivity index (χ0) is 23.2. The number of carbonyl (C=O) groups is 2. The van der Waals surface area contributed by atoms with Crippen LogP contribution in [-0.2, 0) is 21.5 Å². The molecule has 0 aliphatic heterocycles. The van der Waals surface area contributed by atoms with Crippen molar-refractivity contribution in [2.24, 2.45) is 0 Å². The Morgan fingerprint density at radius 2 is 1.61 bits per heavy atom. The minimum absolute atomic E-state index is 0.00110. The maximum absolute atomic E-state index is 13.2. The van der Waals surface area contributed by atoms with Crippen molar-refractivity contribution in [2.75, 3.05) is 6.61 Å². The highest BCUT2D eigenvalue weighted by Crippen LogP contribution is 2.31. The van der Waals surface area contributed by atoms with Crippen molar-refractivity contribution in [1.29, 1.82) is 0 Å². The number of hydrogen-bond acceptors (Lipinski definition) is 3. The van der Waals surface area contributed by atoms with E-state index in [4.69, 9.17) is 4.74 Å². The second kappa shape index (κ2) is 10.5. The van der Waals surface area contributed by atoms with Gasteiger partial charge in [0.2, 0.25) is 5.91 Å². The third-order valence-electron chi connectivity index (χ3n) is 5.12. The summed E-state index contributed by atoms with van der Waals surface area (Å²) in [6.07, 6.45) is 0. The van der Waals surface area contributed by atoms with Crippen molar-refractivity contribution in [3.63, 3.8) is 0 Å². The van der Waals surface area contributed by atoms with Gasteiger partial charge in [-0.15, -0.1) is 0 Å². The van der Waals surface area contributed by atoms with Gasteiger partial charge in [-0.3, -0.25) is 9.59 Å². The quantitative estimate of drug-likeness (QED) is 0.673. The fourth-order valence-corrected chi connectivity index (χ4v) is 3.31. The molecule has 0 saturated carbocycles. The van der Waals surface area contributed by atoms with Crippen molar-refractivity contribution in [1.82, 2.24) is 10.2 Å². The van der Waals surface area contributed by atoms with Crippen molar-refractivity contribution in [3.05, 3.63) is 65.2 Å². The smallest absolute Gasteiger partial charge is 0.261 e. The molecule has 5 nitrogen and oxygen atoms in total. The van der Waals surface area contributed by atoms with Crippen LogP contribution in [0, 0.1) is 6.92 Å². The molecule has 2 rings (SSSR count). The first-order valence-corrected chi connectivity index (χ1v) is 10.9. The molecular formula is C26H36N2O3. The Labute approximate surface area is 186 Å². The minimum atomic E-state index is -0.613. The zero-order valence-electron chi connectivity index (χ0n) is 19.9. The van der Waals surface area contributed by atoms with Crippen LogP contribution >= 0.6 is 0 Å². The van der Waals surface area contributed by atoms with Gasteiger partial charge < -0.3 is 15.0 Å². The summed E-state index contributed by atoms with van der Waals surface area (Å²) in [6.45, 7) is 14.1. The normalized spacial score (nSPS) is 12.4. The van der Waals surface area contributed by atoms with Gasteiger partial charge in [0.1, 0.15) is 11.8 Å². The highest BCUT2D eigenvalue weighted by Gasteiger charge is 2.27. The van der Waals surface area contributed by atoms with E-state index in [0.717, 1.165) is 16.7 Å². The van der Waals surface area contributed by atoms with E-state index in [-0.39, 0.29) is 29.9 Å². The summed E-state index contributed by atoms with van der Waals surface area (Å²) in [5, 5.41) is 2.90. The molecule has 2 amide bonds. The van der Waals surface area contributed by atoms with Gasteiger partial charge in [-0.05, 0) is 50.3 Å². The van der Waals surface area contributed by atoms with E-state index in [1.165, 1.54) is 0 Å². The summed E-state index contributed by atoms with van der Waals surface area (Å²) in [4.78, 5) is 27.4. The number of amides is 2. The van der Waals surface area contributed by atoms with Crippen molar-refractivity contribution < 1.29 is 14.3 Å². The molecule has 0 saturated heterocycles. The number of benzene rings is 2. The van der Waals surface area contributed by atoms with Gasteiger partial charge in [-0.1, -0.05) is 68.8 Å². The first kappa shape index (κ1) is 24.4. The standard InChI is InChI=1S/C26H36N2O3/c1-18(2)27-25(30)20(4)28(16-21-14-12-19(3)13-15-21)24(29)17-31-23-11-9-8-10-22(23)26(5,6)7/h8-15,18,20H,16-17H2,1-7H3,(H,27,30)/t20-/m1/s1. The highest BCUT2D eigenvalue weighted by molar-refractivity contribution is 5.88. The average molecular weight is 425 g/mol. The lowest BCUT2D eigenvalue weighted by Gasteiger charge is -2.30. The van der Waals surface area contributed by atoms with Crippen LogP contribution in [0.1, 0.15) is 58.2 Å². The molecule has 1 atom stereocenters. The van der Waals surface area contributed by atoms with E-state index in [1.807, 2.05) is 69.3 Å². The minimum Gasteiger partial charge on any atom is -0.483 e. The molecule has 5 heteroatoms. The summed E-state index contributed by atoms with van der Waals surface area (Å²) >= 11 is 0. The van der Waals surface area contributed by atoms with Crippen LogP contribution < -0.4 is 10.1 Å². The van der Waals surface area contributed by atoms with E-state index < -0.39 is 6.04 Å². The third-order valence-corrected chi connectivity index (χ3v) is 5.12. The predicted molar refractivity (Wildman–Crippen MR) is 125 cm³/mol. The van der Waals surface area contributed by atoms with Gasteiger partial charge in [0, 0.05) is 12.6 Å². The summed E-state index contributed by atoms with van der Waals surface area (Å²) in [7, 11) is 0. The van der Waals surface area contributed by atoms with Crippen LogP contribution in [0.2, 0.25) is 0 Å². The van der Waals surface area contributed by atoms with E-state index in [1.54, 1.807) is 11.8 Å². The predicted octanol–water partition coefficient (Wildman–Crippen LogP) is 4.61. The second-order valence-electron chi connectivity index (χ2n) is 9.38. The monoisotopic (exact) mass is 424 g/mol. The van der Waals surface area contributed by atoms with Crippen LogP contribution in [0.5, 0.6) is 5.75 Å². The number of nitrogens with zero attached hydrogens (tertiary/aromatic N) is 1. The molecule has 0 unspecified atom stereocenters. The van der Waals surface area contributed by atoms with Crippen LogP contribution in [-0.4, -0.2) is 35.4 Å². The number of para-hydroxylation sites is 1. The lowest BCUT2D eigenvalue weighted by Crippen LogP contribution is -2.50. The summed E-state index contributed by atoms with van der Waals surface area (Å²) in [5.41, 5.74) is 3.05. The molecule has 0 fully saturated rings. The van der Waals surface area contributed by atoms with Crippen molar-refractivity contribution in [2.45, 2.75) is 72.5 Å². The molecule has 31 heavy (non-hydrogen) atoms. The Kier molecular flexibility index (Phi) is 8.26. The molecule has 168 valence electrons. The molecule has 2 aromatic rings. The number of ether oxygens (including phenoxy) is 1. The Balaban J connectivity index is 2.21. The SMILES string of the molecule is Cc1ccc(CN(C(=O)COc2ccccc2C(C)(C)C)[C@H](C)C(=O)NC(C)C)cc1. The molecule has 2 aromatic carbocycles. The second-order valence-corrected chi connectivity index (χ2v) is 9.38. The lowest BCUT2D eigenvalue weighted by molar-refractivity contribution is -0.142. The maximum atomic E-state index is 13.2. The number of rotatable bonds is 8. The maximum Gasteiger partial charge on any atom is 0.261 e. The largest absolute Gasteiger partial charge is 0.483 e. The van der Waals surface area contributed by atoms with Gasteiger partial charge in [-0.25, -0.2) is 0 Å². The van der Waals surface area contributed by atoms with Gasteiger partial charge in [0.15, 0.2) is 6.61 Å². The molecule has 0 aromatic heterocycles. The summed E-state index contributed by atoms with van der Waals surface area (Å²) < 4.78 is 5.95. The van der Waals surface area contributed by atoms with Gasteiger partial charge in [0.25, 0.3) is 5.91 Å². The lowest BCUT2D eigenvalue weighted by atomic mass is 9.86. The molecule has 0 spiro atoms. The van der Waals surface area contributed by atoms with Gasteiger partial charge >= 0.3 is 0 Å². The number of aryl methyl sites for hydroxylation is 1. The molecule has 0 aliphatic carbocycles. The molecular weight excluding hydrogens is 388 g/mol. The number of carbonyl (C=O) groups excluding carboxylic acids is 2. The van der Waals surface area contributed by atoms with E-state index in [0.29, 0.717) is 12.3 Å². The molecule has 0 heterocycles. The summed E-state index contributed by atoms with van der Waals surface area (Å²) in [6, 6.07) is 15.1. The molecule has 0 radical (unpaired) electrons. The Bertz CT molecular complexity index is 882. The molecule has 0 aliphatic rings. The summed E-state index contributed by atoms with van der Waals surface area (Å²) in [5.74, 6) is 0.291. The van der Waals surface area contributed by atoms with Crippen LogP contribution in [0.25, 0.3) is 0 Å². The van der Waals surface area contributed by atoms with Crippen LogP contribution in [0.3, 0.4) is 0 Å². The van der Waals surface area contributed by atoms with Crippen LogP contribution in [0.15, 0.2) is 48.5 Å². The average Bonchev–Trinajstić information content (AvgIpc) is 2.70. The number of nitrogens with one attached hydrogen (secondary N) is 1. The zero-order valence-corrected chi connectivity index (χ0v) is 19.9. The third kappa shape index (κ3) is 7.12. The molecule has 1 N–H and O–H groups in total. The first-order valence-electron chi connectivity index (χ1n) is 10.9. The fourth-order valence-electron chi connectivity index (χ4n) is 3.31. The fraction of sp³-hybridized carbons (Fsp3) is 0.462. The topological polar surface area (TPSA) is 58.6 Å². The highest BCUT2D eigenvalue weighted by atomic mass is 16.5. The Morgan fingerprint density at radius 3 is 2.19 bits per heavy atom. The van der Waals surface area contributed by atoms with E-state index in [9.17, 15) is 9.59 Å². The van der Waals surface area contributed by atoms with Crippen LogP contribution in [0.4, 0.5) is 0 Å². The Morgan fingerprint density at radius 1 is 1.00 bits per heavy atom. The van der Waals surface area contributed by atoms with E-state index in [2.05, 4.69) is 26.1 Å². The molecule has 0 bridgehead atoms. The van der Waals surface area contributed by atoms with Gasteiger partial charge in [-0.2, -0.15) is 0 Å². The van der Waals surface area contributed by atoms with Crippen molar-refractivity contribution in [3.8, 4) is 5.75 Å². The number of hydrogen-bond donors (Lipinski definition) is 1.